The monoisotopic (exact) mass is 215 g/mol. The Morgan fingerprint density at radius 3 is 2.67 bits per heavy atom. The number of carbonyl (C=O) groups is 1. The SMILES string of the molecule is CCOC(=O)CCNC1(CO)CCCC1. The van der Waals surface area contributed by atoms with Crippen molar-refractivity contribution in [1.29, 1.82) is 0 Å². The molecule has 0 aromatic rings. The molecule has 1 aliphatic rings. The number of carbonyl (C=O) groups excluding carboxylic acids is 1. The molecule has 1 fully saturated rings. The first-order valence-electron chi connectivity index (χ1n) is 5.74. The summed E-state index contributed by atoms with van der Waals surface area (Å²) < 4.78 is 4.83. The molecule has 0 bridgehead atoms. The lowest BCUT2D eigenvalue weighted by atomic mass is 9.99. The zero-order valence-electron chi connectivity index (χ0n) is 9.42. The molecule has 0 spiro atoms. The van der Waals surface area contributed by atoms with Crippen LogP contribution in [0.1, 0.15) is 39.0 Å². The minimum absolute atomic E-state index is 0.132. The van der Waals surface area contributed by atoms with Crippen molar-refractivity contribution < 1.29 is 14.6 Å². The maximum Gasteiger partial charge on any atom is 0.307 e. The zero-order valence-corrected chi connectivity index (χ0v) is 9.42. The molecule has 1 aliphatic carbocycles. The molecule has 0 heterocycles. The van der Waals surface area contributed by atoms with Crippen LogP contribution in [0.25, 0.3) is 0 Å². The van der Waals surface area contributed by atoms with Gasteiger partial charge in [0.25, 0.3) is 0 Å². The molecule has 0 saturated heterocycles. The predicted octanol–water partition coefficient (Wildman–Crippen LogP) is 0.834. The van der Waals surface area contributed by atoms with Crippen LogP contribution in [0, 0.1) is 0 Å². The van der Waals surface area contributed by atoms with Crippen LogP contribution in [-0.4, -0.2) is 36.4 Å². The predicted molar refractivity (Wildman–Crippen MR) is 57.5 cm³/mol. The first kappa shape index (κ1) is 12.5. The van der Waals surface area contributed by atoms with Gasteiger partial charge in [-0.1, -0.05) is 12.8 Å². The zero-order chi connectivity index (χ0) is 11.1. The normalized spacial score (nSPS) is 19.1. The summed E-state index contributed by atoms with van der Waals surface area (Å²) in [5.74, 6) is -0.170. The van der Waals surface area contributed by atoms with Gasteiger partial charge in [0.2, 0.25) is 0 Å². The van der Waals surface area contributed by atoms with Crippen molar-refractivity contribution in [3.63, 3.8) is 0 Å². The van der Waals surface area contributed by atoms with Gasteiger partial charge < -0.3 is 15.2 Å². The summed E-state index contributed by atoms with van der Waals surface area (Å²) in [5.41, 5.74) is -0.132. The van der Waals surface area contributed by atoms with Gasteiger partial charge in [0.1, 0.15) is 0 Å². The second-order valence-corrected chi connectivity index (χ2v) is 4.13. The third kappa shape index (κ3) is 3.80. The maximum absolute atomic E-state index is 11.1. The Kier molecular flexibility index (Phi) is 5.05. The van der Waals surface area contributed by atoms with Crippen LogP contribution in [-0.2, 0) is 9.53 Å². The van der Waals surface area contributed by atoms with Crippen LogP contribution in [0.15, 0.2) is 0 Å². The van der Waals surface area contributed by atoms with Crippen LogP contribution in [0.5, 0.6) is 0 Å². The molecule has 0 unspecified atom stereocenters. The molecule has 0 amide bonds. The summed E-state index contributed by atoms with van der Waals surface area (Å²) in [4.78, 5) is 11.1. The second-order valence-electron chi connectivity index (χ2n) is 4.13. The molecule has 4 heteroatoms. The molecule has 0 aromatic heterocycles. The first-order chi connectivity index (χ1) is 7.22. The van der Waals surface area contributed by atoms with E-state index in [1.165, 1.54) is 0 Å². The van der Waals surface area contributed by atoms with Crippen molar-refractivity contribution in [2.45, 2.75) is 44.6 Å². The van der Waals surface area contributed by atoms with Crippen LogP contribution in [0.4, 0.5) is 0 Å². The number of aliphatic hydroxyl groups is 1. The largest absolute Gasteiger partial charge is 0.466 e. The number of nitrogens with one attached hydrogen (secondary N) is 1. The van der Waals surface area contributed by atoms with Crippen LogP contribution in [0.2, 0.25) is 0 Å². The van der Waals surface area contributed by atoms with Gasteiger partial charge >= 0.3 is 5.97 Å². The summed E-state index contributed by atoms with van der Waals surface area (Å²) >= 11 is 0. The van der Waals surface area contributed by atoms with E-state index in [2.05, 4.69) is 5.32 Å². The Morgan fingerprint density at radius 1 is 1.47 bits per heavy atom. The highest BCUT2D eigenvalue weighted by molar-refractivity contribution is 5.69. The van der Waals surface area contributed by atoms with Crippen molar-refractivity contribution in [2.75, 3.05) is 19.8 Å². The molecule has 0 aliphatic heterocycles. The van der Waals surface area contributed by atoms with Gasteiger partial charge in [-0.05, 0) is 19.8 Å². The van der Waals surface area contributed by atoms with Gasteiger partial charge in [-0.3, -0.25) is 4.79 Å². The van der Waals surface area contributed by atoms with E-state index in [4.69, 9.17) is 4.74 Å². The minimum atomic E-state index is -0.170. The van der Waals surface area contributed by atoms with E-state index < -0.39 is 0 Å². The molecule has 0 aromatic carbocycles. The average Bonchev–Trinajstić information content (AvgIpc) is 2.68. The maximum atomic E-state index is 11.1. The Bertz CT molecular complexity index is 200. The summed E-state index contributed by atoms with van der Waals surface area (Å²) in [6.45, 7) is 3.00. The quantitative estimate of drug-likeness (QED) is 0.644. The third-order valence-electron chi connectivity index (χ3n) is 3.00. The van der Waals surface area contributed by atoms with E-state index in [1.54, 1.807) is 6.92 Å². The fourth-order valence-electron chi connectivity index (χ4n) is 2.11. The molecular formula is C11H21NO3. The van der Waals surface area contributed by atoms with E-state index in [0.717, 1.165) is 25.7 Å². The number of hydrogen-bond acceptors (Lipinski definition) is 4. The fraction of sp³-hybridized carbons (Fsp3) is 0.909. The van der Waals surface area contributed by atoms with Crippen LogP contribution < -0.4 is 5.32 Å². The standard InChI is InChI=1S/C11H21NO3/c1-2-15-10(14)5-8-12-11(9-13)6-3-4-7-11/h12-13H,2-9H2,1H3. The molecule has 1 saturated carbocycles. The van der Waals surface area contributed by atoms with E-state index in [0.29, 0.717) is 19.6 Å². The molecule has 88 valence electrons. The van der Waals surface area contributed by atoms with Gasteiger partial charge in [-0.15, -0.1) is 0 Å². The first-order valence-corrected chi connectivity index (χ1v) is 5.74. The Hall–Kier alpha value is -0.610. The van der Waals surface area contributed by atoms with Gasteiger partial charge in [0, 0.05) is 12.1 Å². The number of rotatable bonds is 6. The van der Waals surface area contributed by atoms with Crippen LogP contribution in [0.3, 0.4) is 0 Å². The molecule has 0 atom stereocenters. The lowest BCUT2D eigenvalue weighted by molar-refractivity contribution is -0.143. The highest BCUT2D eigenvalue weighted by Crippen LogP contribution is 2.28. The van der Waals surface area contributed by atoms with Crippen LogP contribution >= 0.6 is 0 Å². The summed E-state index contributed by atoms with van der Waals surface area (Å²) in [5, 5.41) is 12.6. The molecule has 0 radical (unpaired) electrons. The fourth-order valence-corrected chi connectivity index (χ4v) is 2.11. The van der Waals surface area contributed by atoms with Crippen molar-refractivity contribution in [2.24, 2.45) is 0 Å². The van der Waals surface area contributed by atoms with Gasteiger partial charge in [0.05, 0.1) is 19.6 Å². The highest BCUT2D eigenvalue weighted by atomic mass is 16.5. The number of esters is 1. The number of hydrogen-bond donors (Lipinski definition) is 2. The molecule has 1 rings (SSSR count). The van der Waals surface area contributed by atoms with Gasteiger partial charge in [0.15, 0.2) is 0 Å². The molecule has 2 N–H and O–H groups in total. The number of aliphatic hydroxyl groups excluding tert-OH is 1. The van der Waals surface area contributed by atoms with Crippen molar-refractivity contribution in [1.82, 2.24) is 5.32 Å². The third-order valence-corrected chi connectivity index (χ3v) is 3.00. The summed E-state index contributed by atoms with van der Waals surface area (Å²) in [6, 6.07) is 0. The van der Waals surface area contributed by atoms with Gasteiger partial charge in [-0.25, -0.2) is 0 Å². The smallest absolute Gasteiger partial charge is 0.307 e. The summed E-state index contributed by atoms with van der Waals surface area (Å²) in [6.07, 6.45) is 4.72. The van der Waals surface area contributed by atoms with E-state index in [1.807, 2.05) is 0 Å². The van der Waals surface area contributed by atoms with Gasteiger partial charge in [-0.2, -0.15) is 0 Å². The van der Waals surface area contributed by atoms with Crippen molar-refractivity contribution >= 4 is 5.97 Å². The Morgan fingerprint density at radius 2 is 2.13 bits per heavy atom. The molecule has 15 heavy (non-hydrogen) atoms. The highest BCUT2D eigenvalue weighted by Gasteiger charge is 2.32. The average molecular weight is 215 g/mol. The second kappa shape index (κ2) is 6.08. The topological polar surface area (TPSA) is 58.6 Å². The van der Waals surface area contributed by atoms with E-state index >= 15 is 0 Å². The Labute approximate surface area is 91.0 Å². The molecule has 4 nitrogen and oxygen atoms in total. The molecular weight excluding hydrogens is 194 g/mol. The van der Waals surface area contributed by atoms with Crippen molar-refractivity contribution in [3.05, 3.63) is 0 Å². The van der Waals surface area contributed by atoms with E-state index in [9.17, 15) is 9.90 Å². The summed E-state index contributed by atoms with van der Waals surface area (Å²) in [7, 11) is 0. The Balaban J connectivity index is 2.20. The van der Waals surface area contributed by atoms with E-state index in [-0.39, 0.29) is 18.1 Å². The lowest BCUT2D eigenvalue weighted by Crippen LogP contribution is -2.46. The minimum Gasteiger partial charge on any atom is -0.466 e. The number of ether oxygens (including phenoxy) is 1. The lowest BCUT2D eigenvalue weighted by Gasteiger charge is -2.27. The van der Waals surface area contributed by atoms with Crippen molar-refractivity contribution in [3.8, 4) is 0 Å².